The predicted octanol–water partition coefficient (Wildman–Crippen LogP) is 6.25. The Morgan fingerprint density at radius 1 is 0.944 bits per heavy atom. The van der Waals surface area contributed by atoms with E-state index in [0.717, 1.165) is 11.7 Å². The van der Waals surface area contributed by atoms with Crippen LogP contribution in [0.1, 0.15) is 90.9 Å². The normalized spacial score (nSPS) is 19.5. The lowest BCUT2D eigenvalue weighted by Crippen LogP contribution is -2.34. The molecule has 1 unspecified atom stereocenters. The highest BCUT2D eigenvalue weighted by molar-refractivity contribution is 7.80. The average molecular weight is 271 g/mol. The predicted molar refractivity (Wildman–Crippen MR) is 86.5 cm³/mol. The van der Waals surface area contributed by atoms with Gasteiger partial charge in [-0.3, -0.25) is 0 Å². The number of hydrogen-bond donors (Lipinski definition) is 1. The SMILES string of the molecule is CCCCCCCCCCC(C)(CS)C1CCC1. The van der Waals surface area contributed by atoms with Crippen LogP contribution in [-0.2, 0) is 0 Å². The van der Waals surface area contributed by atoms with Crippen LogP contribution in [-0.4, -0.2) is 5.75 Å². The minimum Gasteiger partial charge on any atom is -0.179 e. The summed E-state index contributed by atoms with van der Waals surface area (Å²) in [6, 6.07) is 0. The molecule has 18 heavy (non-hydrogen) atoms. The first-order valence-electron chi connectivity index (χ1n) is 8.34. The number of unbranched alkanes of at least 4 members (excludes halogenated alkanes) is 7. The molecule has 0 heterocycles. The zero-order valence-electron chi connectivity index (χ0n) is 12.7. The number of thiol groups is 1. The fourth-order valence-electron chi connectivity index (χ4n) is 3.18. The monoisotopic (exact) mass is 270 g/mol. The third-order valence-electron chi connectivity index (χ3n) is 5.05. The van der Waals surface area contributed by atoms with Gasteiger partial charge in [0.05, 0.1) is 0 Å². The van der Waals surface area contributed by atoms with E-state index in [1.165, 1.54) is 77.0 Å². The van der Waals surface area contributed by atoms with Crippen LogP contribution in [0.25, 0.3) is 0 Å². The van der Waals surface area contributed by atoms with Gasteiger partial charge in [-0.05, 0) is 36.3 Å². The summed E-state index contributed by atoms with van der Waals surface area (Å²) in [5.41, 5.74) is 0.545. The van der Waals surface area contributed by atoms with Gasteiger partial charge in [0.1, 0.15) is 0 Å². The molecule has 1 aliphatic rings. The van der Waals surface area contributed by atoms with Crippen molar-refractivity contribution in [3.63, 3.8) is 0 Å². The van der Waals surface area contributed by atoms with Crippen LogP contribution in [0.2, 0.25) is 0 Å². The van der Waals surface area contributed by atoms with Gasteiger partial charge in [-0.25, -0.2) is 0 Å². The molecule has 0 saturated heterocycles. The van der Waals surface area contributed by atoms with Crippen molar-refractivity contribution >= 4 is 12.6 Å². The maximum Gasteiger partial charge on any atom is -0.00412 e. The Labute approximate surface area is 121 Å². The lowest BCUT2D eigenvalue weighted by molar-refractivity contribution is 0.113. The molecule has 1 saturated carbocycles. The summed E-state index contributed by atoms with van der Waals surface area (Å²) in [4.78, 5) is 0. The molecule has 1 fully saturated rings. The second-order valence-corrected chi connectivity index (χ2v) is 6.98. The second-order valence-electron chi connectivity index (χ2n) is 6.66. The van der Waals surface area contributed by atoms with Crippen LogP contribution in [0.5, 0.6) is 0 Å². The molecule has 0 radical (unpaired) electrons. The fourth-order valence-corrected chi connectivity index (χ4v) is 3.60. The fraction of sp³-hybridized carbons (Fsp3) is 1.00. The largest absolute Gasteiger partial charge is 0.179 e. The van der Waals surface area contributed by atoms with Crippen LogP contribution in [0.4, 0.5) is 0 Å². The molecule has 0 amide bonds. The lowest BCUT2D eigenvalue weighted by atomic mass is 9.65. The number of rotatable bonds is 11. The maximum atomic E-state index is 4.61. The summed E-state index contributed by atoms with van der Waals surface area (Å²) in [6.45, 7) is 4.77. The first-order valence-corrected chi connectivity index (χ1v) is 8.97. The summed E-state index contributed by atoms with van der Waals surface area (Å²) >= 11 is 4.61. The number of hydrogen-bond acceptors (Lipinski definition) is 1. The van der Waals surface area contributed by atoms with E-state index in [2.05, 4.69) is 26.5 Å². The van der Waals surface area contributed by atoms with Crippen LogP contribution >= 0.6 is 12.6 Å². The third kappa shape index (κ3) is 5.55. The van der Waals surface area contributed by atoms with Crippen molar-refractivity contribution in [2.24, 2.45) is 11.3 Å². The van der Waals surface area contributed by atoms with Gasteiger partial charge in [-0.15, -0.1) is 0 Å². The van der Waals surface area contributed by atoms with Crippen LogP contribution < -0.4 is 0 Å². The molecule has 0 bridgehead atoms. The Hall–Kier alpha value is 0.350. The van der Waals surface area contributed by atoms with E-state index in [1.54, 1.807) is 0 Å². The molecule has 1 atom stereocenters. The summed E-state index contributed by atoms with van der Waals surface area (Å²) < 4.78 is 0. The van der Waals surface area contributed by atoms with E-state index in [9.17, 15) is 0 Å². The molecule has 0 aromatic heterocycles. The highest BCUT2D eigenvalue weighted by Gasteiger charge is 2.35. The minimum absolute atomic E-state index is 0.545. The zero-order chi connectivity index (χ0) is 13.3. The summed E-state index contributed by atoms with van der Waals surface area (Å²) in [5, 5.41) is 0. The minimum atomic E-state index is 0.545. The quantitative estimate of drug-likeness (QED) is 0.333. The average Bonchev–Trinajstić information content (AvgIpc) is 2.30. The lowest BCUT2D eigenvalue weighted by Gasteiger charge is -2.42. The summed E-state index contributed by atoms with van der Waals surface area (Å²) in [5.74, 6) is 2.08. The van der Waals surface area contributed by atoms with Gasteiger partial charge in [-0.1, -0.05) is 71.6 Å². The third-order valence-corrected chi connectivity index (χ3v) is 5.78. The molecule has 1 rings (SSSR count). The van der Waals surface area contributed by atoms with Crippen LogP contribution in [0.15, 0.2) is 0 Å². The van der Waals surface area contributed by atoms with Crippen molar-refractivity contribution in [3.8, 4) is 0 Å². The Morgan fingerprint density at radius 3 is 1.94 bits per heavy atom. The van der Waals surface area contributed by atoms with Gasteiger partial charge in [0.15, 0.2) is 0 Å². The highest BCUT2D eigenvalue weighted by Crippen LogP contribution is 2.45. The van der Waals surface area contributed by atoms with Crippen molar-refractivity contribution in [2.45, 2.75) is 90.9 Å². The Bertz CT molecular complexity index is 198. The standard InChI is InChI=1S/C17H34S/c1-3-4-5-6-7-8-9-10-14-17(2,15-18)16-12-11-13-16/h16,18H,3-15H2,1-2H3. The Morgan fingerprint density at radius 2 is 1.50 bits per heavy atom. The molecule has 0 spiro atoms. The van der Waals surface area contributed by atoms with Crippen molar-refractivity contribution < 1.29 is 0 Å². The molecule has 0 aliphatic heterocycles. The first kappa shape index (κ1) is 16.4. The van der Waals surface area contributed by atoms with E-state index in [0.29, 0.717) is 5.41 Å². The van der Waals surface area contributed by atoms with Crippen molar-refractivity contribution in [3.05, 3.63) is 0 Å². The first-order chi connectivity index (χ1) is 8.73. The van der Waals surface area contributed by atoms with Crippen molar-refractivity contribution in [2.75, 3.05) is 5.75 Å². The highest BCUT2D eigenvalue weighted by atomic mass is 32.1. The van der Waals surface area contributed by atoms with E-state index in [4.69, 9.17) is 0 Å². The molecule has 108 valence electrons. The second kappa shape index (κ2) is 9.28. The molecule has 0 nitrogen and oxygen atoms in total. The van der Waals surface area contributed by atoms with E-state index in [1.807, 2.05) is 0 Å². The molecular weight excluding hydrogens is 236 g/mol. The van der Waals surface area contributed by atoms with E-state index in [-0.39, 0.29) is 0 Å². The van der Waals surface area contributed by atoms with Crippen LogP contribution in [0.3, 0.4) is 0 Å². The molecule has 1 aliphatic carbocycles. The van der Waals surface area contributed by atoms with Crippen LogP contribution in [0, 0.1) is 11.3 Å². The van der Waals surface area contributed by atoms with Gasteiger partial charge in [0.25, 0.3) is 0 Å². The van der Waals surface area contributed by atoms with Crippen molar-refractivity contribution in [1.29, 1.82) is 0 Å². The molecule has 0 N–H and O–H groups in total. The van der Waals surface area contributed by atoms with Crippen molar-refractivity contribution in [1.82, 2.24) is 0 Å². The van der Waals surface area contributed by atoms with E-state index < -0.39 is 0 Å². The van der Waals surface area contributed by atoms with Gasteiger partial charge >= 0.3 is 0 Å². The molecule has 0 aromatic rings. The summed E-state index contributed by atoms with van der Waals surface area (Å²) in [7, 11) is 0. The van der Waals surface area contributed by atoms with Gasteiger partial charge in [0, 0.05) is 0 Å². The molecule has 0 aromatic carbocycles. The Kier molecular flexibility index (Phi) is 8.46. The summed E-state index contributed by atoms with van der Waals surface area (Å²) in [6.07, 6.45) is 17.3. The zero-order valence-corrected chi connectivity index (χ0v) is 13.6. The van der Waals surface area contributed by atoms with Gasteiger partial charge < -0.3 is 0 Å². The Balaban J connectivity index is 1.98. The van der Waals surface area contributed by atoms with Gasteiger partial charge in [-0.2, -0.15) is 12.6 Å². The van der Waals surface area contributed by atoms with Gasteiger partial charge in [0.2, 0.25) is 0 Å². The smallest absolute Gasteiger partial charge is 0.00412 e. The maximum absolute atomic E-state index is 4.61. The molecular formula is C17H34S. The topological polar surface area (TPSA) is 0 Å². The molecule has 1 heteroatoms. The van der Waals surface area contributed by atoms with E-state index >= 15 is 0 Å².